The van der Waals surface area contributed by atoms with Crippen LogP contribution in [0.2, 0.25) is 0 Å². The predicted octanol–water partition coefficient (Wildman–Crippen LogP) is 7.39. The van der Waals surface area contributed by atoms with Gasteiger partial charge in [-0.3, -0.25) is 0 Å². The average molecular weight is 426 g/mol. The lowest BCUT2D eigenvalue weighted by molar-refractivity contribution is 0.346. The van der Waals surface area contributed by atoms with Gasteiger partial charge in [0, 0.05) is 11.1 Å². The highest BCUT2D eigenvalue weighted by Crippen LogP contribution is 2.40. The smallest absolute Gasteiger partial charge is 0.177 e. The Balaban J connectivity index is 1.69. The van der Waals surface area contributed by atoms with Gasteiger partial charge in [-0.25, -0.2) is 22.0 Å². The van der Waals surface area contributed by atoms with Crippen molar-refractivity contribution in [3.63, 3.8) is 0 Å². The molecule has 1 aliphatic carbocycles. The molecule has 31 heavy (non-hydrogen) atoms. The van der Waals surface area contributed by atoms with E-state index < -0.39 is 40.3 Å². The number of rotatable bonds is 2. The minimum atomic E-state index is -1.48. The van der Waals surface area contributed by atoms with Crippen LogP contribution < -0.4 is 0 Å². The summed E-state index contributed by atoms with van der Waals surface area (Å²) in [7, 11) is 0. The number of benzene rings is 3. The van der Waals surface area contributed by atoms with Crippen LogP contribution in [0.25, 0.3) is 10.8 Å². The molecule has 0 N–H and O–H groups in total. The molecule has 5 heteroatoms. The highest BCUT2D eigenvalue weighted by atomic mass is 19.2. The van der Waals surface area contributed by atoms with E-state index in [1.54, 1.807) is 30.3 Å². The summed E-state index contributed by atoms with van der Waals surface area (Å²) < 4.78 is 72.1. The second-order valence-corrected chi connectivity index (χ2v) is 7.85. The molecule has 158 valence electrons. The first kappa shape index (κ1) is 21.1. The summed E-state index contributed by atoms with van der Waals surface area (Å²) in [6.07, 6.45) is 4.01. The SMILES string of the molecule is C=CC1CCC(c2c(F)c(F)c(C#Cc3ccc4cc(F)ccc4c3)c(F)c2F)CC1. The van der Waals surface area contributed by atoms with Crippen molar-refractivity contribution in [2.24, 2.45) is 5.92 Å². The lowest BCUT2D eigenvalue weighted by Crippen LogP contribution is -2.17. The molecule has 0 aromatic heterocycles. The molecule has 4 rings (SSSR count). The lowest BCUT2D eigenvalue weighted by Gasteiger charge is -2.27. The molecule has 0 nitrogen and oxygen atoms in total. The number of fused-ring (bicyclic) bond motifs is 1. The first-order chi connectivity index (χ1) is 14.9. The van der Waals surface area contributed by atoms with Gasteiger partial charge in [0.25, 0.3) is 0 Å². The second-order valence-electron chi connectivity index (χ2n) is 7.85. The topological polar surface area (TPSA) is 0 Å². The Bertz CT molecular complexity index is 1190. The van der Waals surface area contributed by atoms with Crippen LogP contribution in [-0.2, 0) is 0 Å². The fourth-order valence-corrected chi connectivity index (χ4v) is 4.19. The number of hydrogen-bond donors (Lipinski definition) is 0. The molecule has 1 fully saturated rings. The van der Waals surface area contributed by atoms with Crippen LogP contribution in [0.4, 0.5) is 22.0 Å². The molecule has 1 saturated carbocycles. The van der Waals surface area contributed by atoms with Crippen LogP contribution in [0.3, 0.4) is 0 Å². The van der Waals surface area contributed by atoms with E-state index in [2.05, 4.69) is 18.4 Å². The Morgan fingerprint density at radius 3 is 2.00 bits per heavy atom. The van der Waals surface area contributed by atoms with Crippen LogP contribution in [0.5, 0.6) is 0 Å². The van der Waals surface area contributed by atoms with Crippen LogP contribution >= 0.6 is 0 Å². The van der Waals surface area contributed by atoms with Gasteiger partial charge >= 0.3 is 0 Å². The van der Waals surface area contributed by atoms with Crippen molar-refractivity contribution in [3.8, 4) is 11.8 Å². The van der Waals surface area contributed by atoms with Gasteiger partial charge in [-0.1, -0.05) is 30.0 Å². The van der Waals surface area contributed by atoms with Crippen molar-refractivity contribution in [2.45, 2.75) is 31.6 Å². The van der Waals surface area contributed by atoms with Crippen molar-refractivity contribution >= 4 is 10.8 Å². The van der Waals surface area contributed by atoms with Crippen LogP contribution in [0.15, 0.2) is 49.1 Å². The molecule has 0 saturated heterocycles. The van der Waals surface area contributed by atoms with Gasteiger partial charge in [0.2, 0.25) is 0 Å². The summed E-state index contributed by atoms with van der Waals surface area (Å²) in [5, 5.41) is 1.31. The zero-order valence-electron chi connectivity index (χ0n) is 16.6. The van der Waals surface area contributed by atoms with E-state index >= 15 is 0 Å². The van der Waals surface area contributed by atoms with Gasteiger partial charge in [0.05, 0.1) is 0 Å². The summed E-state index contributed by atoms with van der Waals surface area (Å²) in [6, 6.07) is 8.94. The second kappa shape index (κ2) is 8.55. The third-order valence-electron chi connectivity index (χ3n) is 5.94. The molecule has 0 radical (unpaired) electrons. The van der Waals surface area contributed by atoms with E-state index in [0.29, 0.717) is 42.0 Å². The molecule has 0 heterocycles. The Labute approximate surface area is 177 Å². The minimum absolute atomic E-state index is 0.251. The largest absolute Gasteiger partial charge is 0.207 e. The van der Waals surface area contributed by atoms with E-state index in [4.69, 9.17) is 0 Å². The Morgan fingerprint density at radius 1 is 0.742 bits per heavy atom. The maximum absolute atomic E-state index is 14.7. The third kappa shape index (κ3) is 4.07. The molecular formula is C26H19F5. The van der Waals surface area contributed by atoms with Crippen molar-refractivity contribution in [1.29, 1.82) is 0 Å². The Kier molecular flexibility index (Phi) is 5.82. The van der Waals surface area contributed by atoms with Crippen molar-refractivity contribution in [3.05, 3.63) is 94.8 Å². The fraction of sp³-hybridized carbons (Fsp3) is 0.231. The molecule has 0 aliphatic heterocycles. The quantitative estimate of drug-likeness (QED) is 0.173. The first-order valence-electron chi connectivity index (χ1n) is 10.1. The Morgan fingerprint density at radius 2 is 1.35 bits per heavy atom. The molecule has 0 bridgehead atoms. The van der Waals surface area contributed by atoms with Crippen molar-refractivity contribution < 1.29 is 22.0 Å². The lowest BCUT2D eigenvalue weighted by atomic mass is 9.78. The maximum Gasteiger partial charge on any atom is 0.177 e. The van der Waals surface area contributed by atoms with E-state index in [-0.39, 0.29) is 11.7 Å². The van der Waals surface area contributed by atoms with Crippen LogP contribution in [-0.4, -0.2) is 0 Å². The van der Waals surface area contributed by atoms with Crippen LogP contribution in [0.1, 0.15) is 48.3 Å². The zero-order valence-corrected chi connectivity index (χ0v) is 16.6. The van der Waals surface area contributed by atoms with Gasteiger partial charge in [-0.05, 0) is 72.6 Å². The number of allylic oxidation sites excluding steroid dienone is 1. The zero-order chi connectivity index (χ0) is 22.1. The molecule has 0 atom stereocenters. The molecule has 3 aromatic rings. The summed E-state index contributed by atoms with van der Waals surface area (Å²) in [5.74, 6) is -1.64. The van der Waals surface area contributed by atoms with E-state index in [0.717, 1.165) is 0 Å². The van der Waals surface area contributed by atoms with Gasteiger partial charge < -0.3 is 0 Å². The van der Waals surface area contributed by atoms with Crippen LogP contribution in [0, 0.1) is 46.8 Å². The summed E-state index contributed by atoms with van der Waals surface area (Å²) >= 11 is 0. The summed E-state index contributed by atoms with van der Waals surface area (Å²) in [4.78, 5) is 0. The third-order valence-corrected chi connectivity index (χ3v) is 5.94. The van der Waals surface area contributed by atoms with E-state index in [1.807, 2.05) is 0 Å². The van der Waals surface area contributed by atoms with Gasteiger partial charge in [-0.15, -0.1) is 6.58 Å². The predicted molar refractivity (Wildman–Crippen MR) is 111 cm³/mol. The maximum atomic E-state index is 14.7. The van der Waals surface area contributed by atoms with Crippen molar-refractivity contribution in [2.75, 3.05) is 0 Å². The van der Waals surface area contributed by atoms with E-state index in [1.165, 1.54) is 12.1 Å². The molecule has 3 aromatic carbocycles. The monoisotopic (exact) mass is 426 g/mol. The van der Waals surface area contributed by atoms with Gasteiger partial charge in [0.1, 0.15) is 11.4 Å². The molecule has 0 unspecified atom stereocenters. The fourth-order valence-electron chi connectivity index (χ4n) is 4.19. The van der Waals surface area contributed by atoms with Gasteiger partial charge in [-0.2, -0.15) is 0 Å². The molecular weight excluding hydrogens is 407 g/mol. The highest BCUT2D eigenvalue weighted by molar-refractivity contribution is 5.84. The van der Waals surface area contributed by atoms with Gasteiger partial charge in [0.15, 0.2) is 23.3 Å². The molecule has 0 amide bonds. The molecule has 1 aliphatic rings. The summed E-state index contributed by atoms with van der Waals surface area (Å²) in [5.41, 5.74) is -1.08. The number of halogens is 5. The molecule has 0 spiro atoms. The Hall–Kier alpha value is -3.13. The first-order valence-corrected chi connectivity index (χ1v) is 10.1. The highest BCUT2D eigenvalue weighted by Gasteiger charge is 2.31. The number of hydrogen-bond acceptors (Lipinski definition) is 0. The normalized spacial score (nSPS) is 18.5. The van der Waals surface area contributed by atoms with Crippen molar-refractivity contribution in [1.82, 2.24) is 0 Å². The van der Waals surface area contributed by atoms with E-state index in [9.17, 15) is 22.0 Å². The summed E-state index contributed by atoms with van der Waals surface area (Å²) in [6.45, 7) is 3.72. The standard InChI is InChI=1S/C26H19F5/c1-2-15-3-7-17(8-4-15)22-25(30)23(28)21(24(29)26(22)31)12-6-16-5-9-19-14-20(27)11-10-18(19)13-16/h2,5,9-11,13-15,17H,1,3-4,7-8H2. The average Bonchev–Trinajstić information content (AvgIpc) is 2.78. The minimum Gasteiger partial charge on any atom is -0.207 e.